The van der Waals surface area contributed by atoms with Crippen LogP contribution in [0.3, 0.4) is 0 Å². The first-order valence-electron chi connectivity index (χ1n) is 9.51. The molecule has 0 aliphatic heterocycles. The van der Waals surface area contributed by atoms with Crippen LogP contribution in [0.25, 0.3) is 32.9 Å². The van der Waals surface area contributed by atoms with Gasteiger partial charge in [-0.25, -0.2) is 0 Å². The molecule has 4 aromatic rings. The summed E-state index contributed by atoms with van der Waals surface area (Å²) in [5, 5.41) is 1.92. The fourth-order valence-corrected chi connectivity index (χ4v) is 3.94. The molecular formula is C24H24ClN3O2. The van der Waals surface area contributed by atoms with E-state index in [1.54, 1.807) is 14.0 Å². The smallest absolute Gasteiger partial charge is 0.214 e. The number of carbonyl (C=O) groups excluding carboxylic acids is 1. The number of carbonyl (C=O) groups is 1. The van der Waals surface area contributed by atoms with Crippen LogP contribution in [0.4, 0.5) is 5.69 Å². The lowest BCUT2D eigenvalue weighted by molar-refractivity contribution is -0.617. The van der Waals surface area contributed by atoms with Crippen LogP contribution < -0.4 is 33.2 Å². The molecule has 1 atom stereocenters. The zero-order valence-electron chi connectivity index (χ0n) is 17.1. The van der Waals surface area contributed by atoms with Crippen LogP contribution in [0.15, 0.2) is 60.7 Å². The molecule has 6 heteroatoms. The number of aryl methyl sites for hydroxylation is 1. The number of para-hydroxylation sites is 1. The minimum atomic E-state index is -0.591. The summed E-state index contributed by atoms with van der Waals surface area (Å²) in [6, 6.07) is 19.1. The van der Waals surface area contributed by atoms with Gasteiger partial charge in [0, 0.05) is 23.3 Å². The standard InChI is InChI=1S/C24H23N3O2.ClH/c1-14(25)24(28)17-8-6-10-20-23(17)22(15-11-12-18(26)21(13-15)29-3)16-7-4-5-9-19(16)27(20)2;/h4-14,26H,25H2,1-3H3;1H/t14-;/m0./s1. The summed E-state index contributed by atoms with van der Waals surface area (Å²) in [4.78, 5) is 13.0. The second-order valence-corrected chi connectivity index (χ2v) is 7.26. The Kier molecular flexibility index (Phi) is 5.97. The Morgan fingerprint density at radius 2 is 1.73 bits per heavy atom. The molecule has 0 saturated carbocycles. The minimum Gasteiger partial charge on any atom is -1.00 e. The topological polar surface area (TPSA) is 82.2 Å². The van der Waals surface area contributed by atoms with E-state index < -0.39 is 6.04 Å². The normalized spacial score (nSPS) is 11.9. The molecule has 0 aliphatic carbocycles. The van der Waals surface area contributed by atoms with Gasteiger partial charge in [-0.1, -0.05) is 30.3 Å². The quantitative estimate of drug-likeness (QED) is 0.219. The number of nitrogens with two attached hydrogens (primary N) is 2. The fourth-order valence-electron chi connectivity index (χ4n) is 3.94. The summed E-state index contributed by atoms with van der Waals surface area (Å²) in [7, 11) is 3.61. The van der Waals surface area contributed by atoms with Crippen LogP contribution in [0.1, 0.15) is 17.3 Å². The number of aromatic nitrogens is 1. The predicted octanol–water partition coefficient (Wildman–Crippen LogP) is 0.609. The van der Waals surface area contributed by atoms with E-state index in [9.17, 15) is 4.79 Å². The molecule has 4 rings (SSSR count). The lowest BCUT2D eigenvalue weighted by Gasteiger charge is -2.15. The molecule has 0 bridgehead atoms. The van der Waals surface area contributed by atoms with Crippen molar-refractivity contribution >= 4 is 33.3 Å². The van der Waals surface area contributed by atoms with Crippen molar-refractivity contribution in [3.8, 4) is 16.9 Å². The van der Waals surface area contributed by atoms with Gasteiger partial charge >= 0.3 is 0 Å². The highest BCUT2D eigenvalue weighted by atomic mass is 35.5. The van der Waals surface area contributed by atoms with Crippen molar-refractivity contribution < 1.29 is 26.5 Å². The number of fused-ring (bicyclic) bond motifs is 2. The summed E-state index contributed by atoms with van der Waals surface area (Å²) in [5.41, 5.74) is 17.1. The van der Waals surface area contributed by atoms with Gasteiger partial charge in [0.25, 0.3) is 0 Å². The van der Waals surface area contributed by atoms with E-state index in [1.165, 1.54) is 0 Å². The predicted molar refractivity (Wildman–Crippen MR) is 117 cm³/mol. The maximum absolute atomic E-state index is 13.0. The van der Waals surface area contributed by atoms with Crippen molar-refractivity contribution in [2.45, 2.75) is 13.0 Å². The fraction of sp³-hybridized carbons (Fsp3) is 0.167. The van der Waals surface area contributed by atoms with Gasteiger partial charge in [0.05, 0.1) is 29.6 Å². The van der Waals surface area contributed by atoms with Crippen molar-refractivity contribution in [2.24, 2.45) is 12.8 Å². The summed E-state index contributed by atoms with van der Waals surface area (Å²) in [6.45, 7) is 1.72. The molecule has 1 aromatic heterocycles. The Balaban J connectivity index is 0.00000256. The summed E-state index contributed by atoms with van der Waals surface area (Å²) >= 11 is 0. The minimum absolute atomic E-state index is 0. The molecule has 30 heavy (non-hydrogen) atoms. The Hall–Kier alpha value is -3.15. The average molecular weight is 422 g/mol. The summed E-state index contributed by atoms with van der Waals surface area (Å²) in [5.74, 6) is 0.513. The third kappa shape index (κ3) is 3.36. The van der Waals surface area contributed by atoms with Gasteiger partial charge in [0.15, 0.2) is 5.78 Å². The SMILES string of the molecule is COc1cc(-c2c3ccccc3[n+](C)c3cccc(C(=O)[C@H](C)N)c23)ccc1N.[Cl-]. The Bertz CT molecular complexity index is 1270. The molecule has 0 unspecified atom stereocenters. The Labute approximate surface area is 181 Å². The maximum Gasteiger partial charge on any atom is 0.214 e. The summed E-state index contributed by atoms with van der Waals surface area (Å²) in [6.07, 6.45) is 0. The number of ether oxygens (including phenoxy) is 1. The third-order valence-electron chi connectivity index (χ3n) is 5.39. The molecule has 0 saturated heterocycles. The van der Waals surface area contributed by atoms with Crippen LogP contribution in [-0.2, 0) is 7.05 Å². The largest absolute Gasteiger partial charge is 1.00 e. The second kappa shape index (κ2) is 8.30. The molecule has 0 radical (unpaired) electrons. The first-order valence-corrected chi connectivity index (χ1v) is 9.51. The highest BCUT2D eigenvalue weighted by Gasteiger charge is 2.25. The van der Waals surface area contributed by atoms with Gasteiger partial charge in [-0.15, -0.1) is 0 Å². The first kappa shape index (κ1) is 21.6. The van der Waals surface area contributed by atoms with Crippen LogP contribution in [-0.4, -0.2) is 18.9 Å². The zero-order chi connectivity index (χ0) is 20.7. The second-order valence-electron chi connectivity index (χ2n) is 7.26. The molecule has 4 N–H and O–H groups in total. The van der Waals surface area contributed by atoms with Crippen molar-refractivity contribution in [2.75, 3.05) is 12.8 Å². The number of pyridine rings is 1. The lowest BCUT2D eigenvalue weighted by atomic mass is 9.90. The Morgan fingerprint density at radius 1 is 1.03 bits per heavy atom. The number of hydrogen-bond donors (Lipinski definition) is 2. The van der Waals surface area contributed by atoms with E-state index in [1.807, 2.05) is 55.6 Å². The van der Waals surface area contributed by atoms with Crippen molar-refractivity contribution in [3.05, 3.63) is 66.2 Å². The lowest BCUT2D eigenvalue weighted by Crippen LogP contribution is -3.00. The van der Waals surface area contributed by atoms with Gasteiger partial charge in [0.1, 0.15) is 12.8 Å². The van der Waals surface area contributed by atoms with E-state index in [0.29, 0.717) is 17.0 Å². The number of rotatable bonds is 4. The highest BCUT2D eigenvalue weighted by Crippen LogP contribution is 2.38. The van der Waals surface area contributed by atoms with Crippen LogP contribution in [0.2, 0.25) is 0 Å². The number of nitrogen functional groups attached to an aromatic ring is 1. The average Bonchev–Trinajstić information content (AvgIpc) is 2.74. The van der Waals surface area contributed by atoms with Crippen molar-refractivity contribution in [1.29, 1.82) is 0 Å². The number of benzene rings is 3. The van der Waals surface area contributed by atoms with Crippen LogP contribution >= 0.6 is 0 Å². The van der Waals surface area contributed by atoms with Crippen LogP contribution in [0.5, 0.6) is 5.75 Å². The van der Waals surface area contributed by atoms with E-state index in [2.05, 4.69) is 16.7 Å². The molecule has 3 aromatic carbocycles. The number of methoxy groups -OCH3 is 1. The zero-order valence-corrected chi connectivity index (χ0v) is 17.9. The van der Waals surface area contributed by atoms with Gasteiger partial charge in [-0.3, -0.25) is 4.79 Å². The summed E-state index contributed by atoms with van der Waals surface area (Å²) < 4.78 is 7.57. The number of nitrogens with zero attached hydrogens (tertiary/aromatic N) is 1. The Morgan fingerprint density at radius 3 is 2.43 bits per heavy atom. The first-order chi connectivity index (χ1) is 13.9. The number of halogens is 1. The molecular weight excluding hydrogens is 398 g/mol. The number of anilines is 1. The molecule has 154 valence electrons. The molecule has 1 heterocycles. The monoisotopic (exact) mass is 421 g/mol. The highest BCUT2D eigenvalue weighted by molar-refractivity contribution is 6.17. The van der Waals surface area contributed by atoms with E-state index in [-0.39, 0.29) is 18.2 Å². The van der Waals surface area contributed by atoms with E-state index in [4.69, 9.17) is 16.2 Å². The van der Waals surface area contributed by atoms with Gasteiger partial charge in [0.2, 0.25) is 11.0 Å². The van der Waals surface area contributed by atoms with Crippen molar-refractivity contribution in [1.82, 2.24) is 0 Å². The van der Waals surface area contributed by atoms with Gasteiger partial charge in [-0.2, -0.15) is 4.57 Å². The third-order valence-corrected chi connectivity index (χ3v) is 5.39. The number of hydrogen-bond acceptors (Lipinski definition) is 4. The molecule has 0 spiro atoms. The van der Waals surface area contributed by atoms with E-state index in [0.717, 1.165) is 32.9 Å². The molecule has 0 amide bonds. The van der Waals surface area contributed by atoms with Gasteiger partial charge in [-0.05, 0) is 30.7 Å². The van der Waals surface area contributed by atoms with Crippen molar-refractivity contribution in [3.63, 3.8) is 0 Å². The number of ketones is 1. The number of Topliss-reactive ketones (excluding diaryl/α,β-unsaturated/α-hetero) is 1. The van der Waals surface area contributed by atoms with Gasteiger partial charge < -0.3 is 28.6 Å². The maximum atomic E-state index is 13.0. The molecule has 5 nitrogen and oxygen atoms in total. The van der Waals surface area contributed by atoms with Crippen LogP contribution in [0, 0.1) is 0 Å². The molecule has 0 fully saturated rings. The van der Waals surface area contributed by atoms with E-state index >= 15 is 0 Å². The molecule has 0 aliphatic rings.